The summed E-state index contributed by atoms with van der Waals surface area (Å²) < 4.78 is 0. The quantitative estimate of drug-likeness (QED) is 0.686. The predicted octanol–water partition coefficient (Wildman–Crippen LogP) is 1.74. The molecule has 0 spiro atoms. The van der Waals surface area contributed by atoms with Crippen molar-refractivity contribution in [1.29, 1.82) is 0 Å². The van der Waals surface area contributed by atoms with Gasteiger partial charge in [-0.1, -0.05) is 12.1 Å². The molecule has 3 heteroatoms. The Morgan fingerprint density at radius 2 is 0.857 bits per heavy atom. The van der Waals surface area contributed by atoms with Gasteiger partial charge in [0.15, 0.2) is 0 Å². The topological polar surface area (TPSA) is 51.8 Å². The van der Waals surface area contributed by atoms with E-state index >= 15 is 0 Å². The minimum atomic E-state index is 1.50. The molecule has 2 heterocycles. The molecule has 0 atom stereocenters. The Morgan fingerprint density at radius 1 is 0.571 bits per heavy atom. The zero-order chi connectivity index (χ0) is 10.5. The molecule has 0 aromatic carbocycles. The first-order chi connectivity index (χ1) is 7.00. The zero-order valence-electron chi connectivity index (χ0n) is 8.25. The lowest BCUT2D eigenvalue weighted by Crippen LogP contribution is -1.69. The van der Waals surface area contributed by atoms with Gasteiger partial charge in [-0.25, -0.2) is 0 Å². The van der Waals surface area contributed by atoms with Crippen LogP contribution in [0.4, 0.5) is 0 Å². The smallest absolute Gasteiger partial charge is 0.0267 e. The maximum Gasteiger partial charge on any atom is 0.0267 e. The van der Waals surface area contributed by atoms with Gasteiger partial charge in [0.2, 0.25) is 0 Å². The minimum Gasteiger partial charge on any atom is -0.333 e. The highest BCUT2D eigenvalue weighted by Crippen LogP contribution is 1.74. The first kappa shape index (κ1) is 12.3. The molecule has 2 aromatic heterocycles. The molecule has 2 N–H and O–H groups in total. The third kappa shape index (κ3) is 8.36. The van der Waals surface area contributed by atoms with Gasteiger partial charge in [0.05, 0.1) is 0 Å². The van der Waals surface area contributed by atoms with Crippen LogP contribution in [0.5, 0.6) is 0 Å². The number of rotatable bonds is 0. The number of pyridine rings is 2. The molecule has 2 rings (SSSR count). The van der Waals surface area contributed by atoms with E-state index in [9.17, 15) is 0 Å². The van der Waals surface area contributed by atoms with Gasteiger partial charge in [-0.3, -0.25) is 9.97 Å². The Labute approximate surface area is 84.6 Å². The molecule has 14 heavy (non-hydrogen) atoms. The standard InChI is InChI=1S/2C5H5N.CH5N/c2*1-2-4-6-5-3-1;1-2/h2*1-5H;2H2,1H3. The second kappa shape index (κ2) is 11.3. The Hall–Kier alpha value is -1.74. The molecule has 0 radical (unpaired) electrons. The van der Waals surface area contributed by atoms with Crippen LogP contribution in [0, 0.1) is 0 Å². The van der Waals surface area contributed by atoms with E-state index in [-0.39, 0.29) is 0 Å². The van der Waals surface area contributed by atoms with Gasteiger partial charge < -0.3 is 5.73 Å². The summed E-state index contributed by atoms with van der Waals surface area (Å²) in [7, 11) is 1.50. The maximum absolute atomic E-state index is 4.50. The van der Waals surface area contributed by atoms with Crippen molar-refractivity contribution in [2.24, 2.45) is 5.73 Å². The summed E-state index contributed by atoms with van der Waals surface area (Å²) in [5, 5.41) is 0. The highest BCUT2D eigenvalue weighted by atomic mass is 14.6. The van der Waals surface area contributed by atoms with Crippen LogP contribution in [0.25, 0.3) is 0 Å². The number of hydrogen-bond donors (Lipinski definition) is 1. The summed E-state index contributed by atoms with van der Waals surface area (Å²) in [4.78, 5) is 7.57. The van der Waals surface area contributed by atoms with Crippen LogP contribution in [0.3, 0.4) is 0 Å². The second-order valence-corrected chi connectivity index (χ2v) is 2.05. The van der Waals surface area contributed by atoms with Gasteiger partial charge in [-0.05, 0) is 31.3 Å². The molecule has 0 bridgehead atoms. The molecule has 0 aliphatic heterocycles. The van der Waals surface area contributed by atoms with Crippen LogP contribution < -0.4 is 5.73 Å². The molecular weight excluding hydrogens is 174 g/mol. The normalized spacial score (nSPS) is 7.29. The summed E-state index contributed by atoms with van der Waals surface area (Å²) in [5.41, 5.74) is 4.50. The van der Waals surface area contributed by atoms with Crippen molar-refractivity contribution in [2.75, 3.05) is 7.05 Å². The summed E-state index contributed by atoms with van der Waals surface area (Å²) in [6.07, 6.45) is 7.00. The van der Waals surface area contributed by atoms with Crippen molar-refractivity contribution < 1.29 is 0 Å². The molecule has 0 aliphatic rings. The van der Waals surface area contributed by atoms with Crippen LogP contribution in [-0.4, -0.2) is 17.0 Å². The third-order valence-electron chi connectivity index (χ3n) is 1.13. The monoisotopic (exact) mass is 189 g/mol. The van der Waals surface area contributed by atoms with Gasteiger partial charge in [-0.2, -0.15) is 0 Å². The van der Waals surface area contributed by atoms with Crippen molar-refractivity contribution in [3.63, 3.8) is 0 Å². The van der Waals surface area contributed by atoms with Gasteiger partial charge in [0.25, 0.3) is 0 Å². The maximum atomic E-state index is 4.50. The molecule has 0 amide bonds. The molecule has 2 aromatic rings. The van der Waals surface area contributed by atoms with Crippen molar-refractivity contribution in [3.8, 4) is 0 Å². The number of nitrogens with two attached hydrogens (primary N) is 1. The summed E-state index contributed by atoms with van der Waals surface area (Å²) in [5.74, 6) is 0. The van der Waals surface area contributed by atoms with E-state index in [1.54, 1.807) is 24.8 Å². The van der Waals surface area contributed by atoms with Gasteiger partial charge in [0, 0.05) is 24.8 Å². The molecule has 0 saturated carbocycles. The van der Waals surface area contributed by atoms with Crippen molar-refractivity contribution in [1.82, 2.24) is 9.97 Å². The van der Waals surface area contributed by atoms with E-state index in [4.69, 9.17) is 0 Å². The van der Waals surface area contributed by atoms with Crippen molar-refractivity contribution in [3.05, 3.63) is 61.2 Å². The number of aromatic nitrogens is 2. The lowest BCUT2D eigenvalue weighted by Gasteiger charge is -1.70. The molecule has 74 valence electrons. The number of hydrogen-bond acceptors (Lipinski definition) is 3. The highest BCUT2D eigenvalue weighted by Gasteiger charge is 1.59. The summed E-state index contributed by atoms with van der Waals surface area (Å²) >= 11 is 0. The predicted molar refractivity (Wildman–Crippen MR) is 58.6 cm³/mol. The van der Waals surface area contributed by atoms with Crippen LogP contribution >= 0.6 is 0 Å². The third-order valence-corrected chi connectivity index (χ3v) is 1.13. The van der Waals surface area contributed by atoms with Crippen LogP contribution in [0.15, 0.2) is 61.2 Å². The molecule has 0 saturated heterocycles. The SMILES string of the molecule is CN.c1ccncc1.c1ccncc1. The zero-order valence-corrected chi connectivity index (χ0v) is 8.25. The van der Waals surface area contributed by atoms with E-state index < -0.39 is 0 Å². The van der Waals surface area contributed by atoms with Crippen LogP contribution in [0.1, 0.15) is 0 Å². The second-order valence-electron chi connectivity index (χ2n) is 2.05. The minimum absolute atomic E-state index is 1.50. The van der Waals surface area contributed by atoms with E-state index in [0.717, 1.165) is 0 Å². The van der Waals surface area contributed by atoms with Gasteiger partial charge in [-0.15, -0.1) is 0 Å². The van der Waals surface area contributed by atoms with E-state index in [1.807, 2.05) is 36.4 Å². The Kier molecular flexibility index (Phi) is 9.86. The molecule has 3 nitrogen and oxygen atoms in total. The largest absolute Gasteiger partial charge is 0.333 e. The Morgan fingerprint density at radius 3 is 0.929 bits per heavy atom. The van der Waals surface area contributed by atoms with Gasteiger partial charge >= 0.3 is 0 Å². The summed E-state index contributed by atoms with van der Waals surface area (Å²) in [6, 6.07) is 11.4. The number of nitrogens with zero attached hydrogens (tertiary/aromatic N) is 2. The van der Waals surface area contributed by atoms with Crippen LogP contribution in [0.2, 0.25) is 0 Å². The van der Waals surface area contributed by atoms with E-state index in [2.05, 4.69) is 15.7 Å². The first-order valence-electron chi connectivity index (χ1n) is 4.28. The Balaban J connectivity index is 0.000000206. The fourth-order valence-corrected chi connectivity index (χ4v) is 0.625. The first-order valence-corrected chi connectivity index (χ1v) is 4.28. The Bertz CT molecular complexity index is 186. The lowest BCUT2D eigenvalue weighted by atomic mass is 10.5. The fraction of sp³-hybridized carbons (Fsp3) is 0.0909. The molecule has 0 unspecified atom stereocenters. The average molecular weight is 189 g/mol. The lowest BCUT2D eigenvalue weighted by molar-refractivity contribution is 1.33. The van der Waals surface area contributed by atoms with E-state index in [0.29, 0.717) is 0 Å². The molecule has 0 aliphatic carbocycles. The van der Waals surface area contributed by atoms with Crippen molar-refractivity contribution in [2.45, 2.75) is 0 Å². The van der Waals surface area contributed by atoms with Crippen molar-refractivity contribution >= 4 is 0 Å². The fourth-order valence-electron chi connectivity index (χ4n) is 0.625. The summed E-state index contributed by atoms with van der Waals surface area (Å²) in [6.45, 7) is 0. The van der Waals surface area contributed by atoms with Gasteiger partial charge in [0.1, 0.15) is 0 Å². The van der Waals surface area contributed by atoms with Crippen LogP contribution in [-0.2, 0) is 0 Å². The molecular formula is C11H15N3. The highest BCUT2D eigenvalue weighted by molar-refractivity contribution is 4.88. The van der Waals surface area contributed by atoms with E-state index in [1.165, 1.54) is 7.05 Å². The molecule has 0 fully saturated rings. The average Bonchev–Trinajstić information content (AvgIpc) is 2.37.